The fourth-order valence-electron chi connectivity index (χ4n) is 3.31. The normalized spacial score (nSPS) is 17.4. The lowest BCUT2D eigenvalue weighted by atomic mass is 9.97. The van der Waals surface area contributed by atoms with Gasteiger partial charge in [-0.15, -0.1) is 17.8 Å². The summed E-state index contributed by atoms with van der Waals surface area (Å²) < 4.78 is 27.2. The molecule has 1 aliphatic rings. The molecule has 2 amide bonds. The van der Waals surface area contributed by atoms with Gasteiger partial charge in [0, 0.05) is 23.6 Å². The van der Waals surface area contributed by atoms with Crippen LogP contribution in [0.15, 0.2) is 48.0 Å². The molecule has 2 unspecified atom stereocenters. The van der Waals surface area contributed by atoms with Crippen LogP contribution in [0.3, 0.4) is 0 Å². The van der Waals surface area contributed by atoms with Crippen molar-refractivity contribution in [2.75, 3.05) is 11.9 Å². The molecule has 1 aliphatic carbocycles. The number of hydrogen-bond donors (Lipinski definition) is 3. The summed E-state index contributed by atoms with van der Waals surface area (Å²) >= 11 is 1.22. The molecule has 0 saturated heterocycles. The zero-order valence-corrected chi connectivity index (χ0v) is 17.0. The van der Waals surface area contributed by atoms with Crippen LogP contribution in [0.2, 0.25) is 0 Å². The van der Waals surface area contributed by atoms with Gasteiger partial charge < -0.3 is 10.4 Å². The van der Waals surface area contributed by atoms with Crippen molar-refractivity contribution < 1.29 is 18.7 Å². The largest absolute Gasteiger partial charge is 0.394 e. The van der Waals surface area contributed by atoms with Crippen molar-refractivity contribution in [3.8, 4) is 23.5 Å². The van der Waals surface area contributed by atoms with Gasteiger partial charge in [0.1, 0.15) is 5.82 Å². The molecule has 9 heteroatoms. The highest BCUT2D eigenvalue weighted by Gasteiger charge is 2.58. The van der Waals surface area contributed by atoms with Crippen LogP contribution in [-0.4, -0.2) is 33.6 Å². The van der Waals surface area contributed by atoms with Crippen LogP contribution >= 0.6 is 11.3 Å². The Kier molecular flexibility index (Phi) is 5.67. The van der Waals surface area contributed by atoms with Crippen molar-refractivity contribution in [2.24, 2.45) is 0 Å². The van der Waals surface area contributed by atoms with E-state index in [4.69, 9.17) is 6.42 Å². The van der Waals surface area contributed by atoms with E-state index in [0.29, 0.717) is 33.2 Å². The molecule has 31 heavy (non-hydrogen) atoms. The van der Waals surface area contributed by atoms with Crippen LogP contribution in [0.1, 0.15) is 34.6 Å². The summed E-state index contributed by atoms with van der Waals surface area (Å²) in [6.07, 6.45) is 6.66. The number of carbonyl (C=O) groups excluding carboxylic acids is 1. The minimum Gasteiger partial charge on any atom is -0.394 e. The lowest BCUT2D eigenvalue weighted by Crippen LogP contribution is -2.34. The van der Waals surface area contributed by atoms with Gasteiger partial charge in [0.05, 0.1) is 24.3 Å². The maximum atomic E-state index is 13.6. The quantitative estimate of drug-likeness (QED) is 0.502. The van der Waals surface area contributed by atoms with Gasteiger partial charge in [0.25, 0.3) is 5.92 Å². The Labute approximate surface area is 181 Å². The number of rotatable bonds is 6. The van der Waals surface area contributed by atoms with E-state index >= 15 is 0 Å². The number of aliphatic hydroxyl groups excluding tert-OH is 1. The first-order valence-electron chi connectivity index (χ1n) is 9.45. The van der Waals surface area contributed by atoms with Crippen LogP contribution in [-0.2, 0) is 0 Å². The minimum absolute atomic E-state index is 0.150. The van der Waals surface area contributed by atoms with Crippen LogP contribution in [0.4, 0.5) is 19.4 Å². The number of aliphatic hydroxyl groups is 1. The first-order chi connectivity index (χ1) is 14.9. The highest BCUT2D eigenvalue weighted by atomic mass is 32.1. The standard InChI is InChI=1S/C22H18F2N4O2S/c1-2-20-27-19(12-31-20)28-21(30)26-18(11-29)17-8-7-13(10-25-17)14-5-3-4-6-15(14)16-9-22(16,23)24/h1,3-8,10,12,16,18,29H,9,11H2,(H2,26,28,30). The molecule has 0 spiro atoms. The second-order valence-corrected chi connectivity index (χ2v) is 7.95. The predicted molar refractivity (Wildman–Crippen MR) is 114 cm³/mol. The number of anilines is 1. The Morgan fingerprint density at radius 3 is 2.74 bits per heavy atom. The Morgan fingerprint density at radius 1 is 1.35 bits per heavy atom. The molecular weight excluding hydrogens is 422 g/mol. The summed E-state index contributed by atoms with van der Waals surface area (Å²) in [6, 6.07) is 9.09. The van der Waals surface area contributed by atoms with E-state index in [1.807, 2.05) is 0 Å². The van der Waals surface area contributed by atoms with Gasteiger partial charge in [0.15, 0.2) is 5.01 Å². The molecule has 1 saturated carbocycles. The van der Waals surface area contributed by atoms with Crippen LogP contribution < -0.4 is 10.6 Å². The average molecular weight is 440 g/mol. The third-order valence-corrected chi connectivity index (χ3v) is 5.75. The van der Waals surface area contributed by atoms with Crippen molar-refractivity contribution in [2.45, 2.75) is 24.3 Å². The summed E-state index contributed by atoms with van der Waals surface area (Å²) in [4.78, 5) is 20.6. The number of alkyl halides is 2. The number of halogens is 2. The second-order valence-electron chi connectivity index (χ2n) is 7.09. The lowest BCUT2D eigenvalue weighted by molar-refractivity contribution is 0.112. The van der Waals surface area contributed by atoms with Gasteiger partial charge in [-0.1, -0.05) is 30.3 Å². The summed E-state index contributed by atoms with van der Waals surface area (Å²) in [5.74, 6) is -0.754. The fraction of sp³-hybridized carbons (Fsp3) is 0.227. The zero-order chi connectivity index (χ0) is 22.0. The summed E-state index contributed by atoms with van der Waals surface area (Å²) in [5, 5.41) is 16.9. The van der Waals surface area contributed by atoms with Crippen LogP contribution in [0, 0.1) is 12.3 Å². The molecule has 2 heterocycles. The van der Waals surface area contributed by atoms with E-state index in [1.54, 1.807) is 48.0 Å². The maximum absolute atomic E-state index is 13.6. The fourth-order valence-corrected chi connectivity index (χ4v) is 3.86. The van der Waals surface area contributed by atoms with E-state index in [9.17, 15) is 18.7 Å². The lowest BCUT2D eigenvalue weighted by Gasteiger charge is -2.16. The monoisotopic (exact) mass is 440 g/mol. The van der Waals surface area contributed by atoms with E-state index in [0.717, 1.165) is 0 Å². The smallest absolute Gasteiger partial charge is 0.321 e. The third kappa shape index (κ3) is 4.55. The molecule has 2 atom stereocenters. The van der Waals surface area contributed by atoms with Gasteiger partial charge >= 0.3 is 6.03 Å². The van der Waals surface area contributed by atoms with E-state index in [2.05, 4.69) is 26.5 Å². The summed E-state index contributed by atoms with van der Waals surface area (Å²) in [6.45, 7) is -0.378. The highest BCUT2D eigenvalue weighted by molar-refractivity contribution is 7.10. The van der Waals surface area contributed by atoms with Gasteiger partial charge in [0.2, 0.25) is 0 Å². The molecule has 3 N–H and O–H groups in total. The van der Waals surface area contributed by atoms with E-state index in [1.165, 1.54) is 11.3 Å². The Balaban J connectivity index is 1.47. The number of terminal acetylenes is 1. The van der Waals surface area contributed by atoms with Gasteiger partial charge in [-0.25, -0.2) is 18.6 Å². The van der Waals surface area contributed by atoms with Crippen molar-refractivity contribution in [1.82, 2.24) is 15.3 Å². The SMILES string of the molecule is C#Cc1nc(NC(=O)NC(CO)c2ccc(-c3ccccc3C3CC3(F)F)cn2)cs1. The molecule has 4 rings (SSSR count). The number of urea groups is 1. The molecule has 0 radical (unpaired) electrons. The first kappa shape index (κ1) is 20.9. The van der Waals surface area contributed by atoms with Crippen molar-refractivity contribution in [3.63, 3.8) is 0 Å². The molecule has 6 nitrogen and oxygen atoms in total. The number of nitrogens with zero attached hydrogens (tertiary/aromatic N) is 2. The first-order valence-corrected chi connectivity index (χ1v) is 10.3. The molecule has 2 aromatic heterocycles. The predicted octanol–water partition coefficient (Wildman–Crippen LogP) is 4.16. The van der Waals surface area contributed by atoms with Gasteiger partial charge in [-0.2, -0.15) is 0 Å². The van der Waals surface area contributed by atoms with Crippen LogP contribution in [0.5, 0.6) is 0 Å². The topological polar surface area (TPSA) is 87.1 Å². The van der Waals surface area contributed by atoms with E-state index < -0.39 is 23.9 Å². The molecule has 3 aromatic rings. The van der Waals surface area contributed by atoms with Crippen molar-refractivity contribution >= 4 is 23.2 Å². The van der Waals surface area contributed by atoms with Gasteiger partial charge in [-0.3, -0.25) is 10.3 Å². The third-order valence-electron chi connectivity index (χ3n) is 4.97. The molecular formula is C22H18F2N4O2S. The number of hydrogen-bond acceptors (Lipinski definition) is 5. The molecule has 1 aromatic carbocycles. The summed E-state index contributed by atoms with van der Waals surface area (Å²) in [5.41, 5.74) is 2.40. The van der Waals surface area contributed by atoms with Gasteiger partial charge in [-0.05, 0) is 23.1 Å². The number of nitrogens with one attached hydrogen (secondary N) is 2. The zero-order valence-electron chi connectivity index (χ0n) is 16.2. The average Bonchev–Trinajstić information content (AvgIpc) is 3.18. The molecule has 1 fully saturated rings. The summed E-state index contributed by atoms with van der Waals surface area (Å²) in [7, 11) is 0. The Hall–Kier alpha value is -3.35. The number of pyridine rings is 1. The number of carbonyl (C=O) groups is 1. The molecule has 0 aliphatic heterocycles. The minimum atomic E-state index is -2.67. The molecule has 0 bridgehead atoms. The number of thiazole rings is 1. The highest BCUT2D eigenvalue weighted by Crippen LogP contribution is 2.57. The van der Waals surface area contributed by atoms with Crippen LogP contribution in [0.25, 0.3) is 11.1 Å². The molecule has 158 valence electrons. The second kappa shape index (κ2) is 8.41. The van der Waals surface area contributed by atoms with Crippen molar-refractivity contribution in [1.29, 1.82) is 0 Å². The Morgan fingerprint density at radius 2 is 2.13 bits per heavy atom. The van der Waals surface area contributed by atoms with E-state index in [-0.39, 0.29) is 13.0 Å². The van der Waals surface area contributed by atoms with Crippen molar-refractivity contribution in [3.05, 3.63) is 64.2 Å². The maximum Gasteiger partial charge on any atom is 0.321 e. The number of aromatic nitrogens is 2. The number of amides is 2. The Bertz CT molecular complexity index is 1140. The number of benzene rings is 1.